The van der Waals surface area contributed by atoms with Crippen molar-refractivity contribution >= 4 is 22.5 Å². The van der Waals surface area contributed by atoms with Gasteiger partial charge in [0, 0.05) is 39.8 Å². The molecule has 0 saturated carbocycles. The highest BCUT2D eigenvalue weighted by Gasteiger charge is 2.30. The topological polar surface area (TPSA) is 33.6 Å². The van der Waals surface area contributed by atoms with Gasteiger partial charge in [0.2, 0.25) is 0 Å². The highest BCUT2D eigenvalue weighted by molar-refractivity contribution is 6.31. The van der Waals surface area contributed by atoms with Crippen LogP contribution in [0.4, 0.5) is 13.2 Å². The lowest BCUT2D eigenvalue weighted by atomic mass is 10.0. The average molecular weight is 452 g/mol. The molecule has 0 spiro atoms. The van der Waals surface area contributed by atoms with Gasteiger partial charge in [-0.25, -0.2) is 4.98 Å². The largest absolute Gasteiger partial charge is 0.416 e. The van der Waals surface area contributed by atoms with Crippen LogP contribution in [0, 0.1) is 0 Å². The fraction of sp³-hybridized carbons (Fsp3) is 0.0800. The lowest BCUT2D eigenvalue weighted by Crippen LogP contribution is -2.06. The number of halogens is 4. The first-order valence-corrected chi connectivity index (χ1v) is 10.3. The molecule has 2 heterocycles. The number of alkyl halides is 3. The Morgan fingerprint density at radius 3 is 2.41 bits per heavy atom. The van der Waals surface area contributed by atoms with Gasteiger partial charge in [-0.2, -0.15) is 13.2 Å². The zero-order chi connectivity index (χ0) is 22.3. The van der Waals surface area contributed by atoms with Gasteiger partial charge >= 0.3 is 6.18 Å². The lowest BCUT2D eigenvalue weighted by Gasteiger charge is -2.12. The Bertz CT molecular complexity index is 1380. The summed E-state index contributed by atoms with van der Waals surface area (Å²) in [4.78, 5) is 7.92. The molecule has 32 heavy (non-hydrogen) atoms. The molecule has 0 amide bonds. The SMILES string of the molecule is FC(F)(F)c1ccc(Cn2cnc(-c3ccccc3)c2-c2c[nH]c3cc(Cl)ccc23)cc1. The van der Waals surface area contributed by atoms with E-state index in [2.05, 4.69) is 9.97 Å². The molecule has 0 bridgehead atoms. The molecule has 0 aliphatic heterocycles. The minimum Gasteiger partial charge on any atom is -0.360 e. The second kappa shape index (κ2) is 7.88. The first-order chi connectivity index (χ1) is 15.4. The highest BCUT2D eigenvalue weighted by Crippen LogP contribution is 2.37. The van der Waals surface area contributed by atoms with E-state index in [4.69, 9.17) is 11.6 Å². The summed E-state index contributed by atoms with van der Waals surface area (Å²) >= 11 is 6.15. The number of nitrogens with one attached hydrogen (secondary N) is 1. The minimum atomic E-state index is -4.36. The van der Waals surface area contributed by atoms with Crippen LogP contribution in [0.5, 0.6) is 0 Å². The van der Waals surface area contributed by atoms with Crippen molar-refractivity contribution < 1.29 is 13.2 Å². The van der Waals surface area contributed by atoms with Crippen molar-refractivity contribution in [3.05, 3.63) is 101 Å². The lowest BCUT2D eigenvalue weighted by molar-refractivity contribution is -0.137. The molecule has 0 unspecified atom stereocenters. The quantitative estimate of drug-likeness (QED) is 0.303. The Kier molecular flexibility index (Phi) is 5.02. The number of fused-ring (bicyclic) bond motifs is 1. The Morgan fingerprint density at radius 1 is 0.938 bits per heavy atom. The number of imidazole rings is 1. The van der Waals surface area contributed by atoms with Gasteiger partial charge < -0.3 is 9.55 Å². The molecule has 2 aromatic heterocycles. The van der Waals surface area contributed by atoms with Crippen LogP contribution >= 0.6 is 11.6 Å². The summed E-state index contributed by atoms with van der Waals surface area (Å²) in [7, 11) is 0. The van der Waals surface area contributed by atoms with E-state index >= 15 is 0 Å². The molecule has 3 nitrogen and oxygen atoms in total. The molecule has 0 atom stereocenters. The van der Waals surface area contributed by atoms with Crippen LogP contribution in [0.25, 0.3) is 33.4 Å². The van der Waals surface area contributed by atoms with Crippen LogP contribution < -0.4 is 0 Å². The first-order valence-electron chi connectivity index (χ1n) is 9.94. The summed E-state index contributed by atoms with van der Waals surface area (Å²) in [6.45, 7) is 0.383. The van der Waals surface area contributed by atoms with E-state index in [0.717, 1.165) is 51.1 Å². The molecule has 0 aliphatic carbocycles. The van der Waals surface area contributed by atoms with Gasteiger partial charge in [0.15, 0.2) is 0 Å². The number of nitrogens with zero attached hydrogens (tertiary/aromatic N) is 2. The summed E-state index contributed by atoms with van der Waals surface area (Å²) in [5, 5.41) is 1.62. The van der Waals surface area contributed by atoms with Crippen molar-refractivity contribution in [3.63, 3.8) is 0 Å². The van der Waals surface area contributed by atoms with Gasteiger partial charge in [-0.1, -0.05) is 60.1 Å². The zero-order valence-corrected chi connectivity index (χ0v) is 17.5. The van der Waals surface area contributed by atoms with Crippen LogP contribution in [0.2, 0.25) is 5.02 Å². The maximum absolute atomic E-state index is 12.9. The maximum Gasteiger partial charge on any atom is 0.416 e. The summed E-state index contributed by atoms with van der Waals surface area (Å²) in [6, 6.07) is 20.7. The summed E-state index contributed by atoms with van der Waals surface area (Å²) < 4.78 is 40.8. The van der Waals surface area contributed by atoms with Crippen LogP contribution in [-0.4, -0.2) is 14.5 Å². The van der Waals surface area contributed by atoms with Gasteiger partial charge in [-0.05, 0) is 29.8 Å². The van der Waals surface area contributed by atoms with E-state index in [1.165, 1.54) is 12.1 Å². The Hall–Kier alpha value is -3.51. The predicted octanol–water partition coefficient (Wildman–Crippen LogP) is 7.42. The molecule has 5 aromatic rings. The van der Waals surface area contributed by atoms with E-state index in [0.29, 0.717) is 11.6 Å². The van der Waals surface area contributed by atoms with Gasteiger partial charge in [0.05, 0.1) is 23.3 Å². The number of benzene rings is 3. The van der Waals surface area contributed by atoms with E-state index in [1.54, 1.807) is 6.33 Å². The molecule has 3 aromatic carbocycles. The third kappa shape index (κ3) is 3.78. The zero-order valence-electron chi connectivity index (χ0n) is 16.7. The number of hydrogen-bond acceptors (Lipinski definition) is 1. The second-order valence-corrected chi connectivity index (χ2v) is 7.96. The van der Waals surface area contributed by atoms with Crippen LogP contribution in [-0.2, 0) is 12.7 Å². The molecular formula is C25H17ClF3N3. The molecule has 0 radical (unpaired) electrons. The van der Waals surface area contributed by atoms with Crippen LogP contribution in [0.15, 0.2) is 85.3 Å². The fourth-order valence-corrected chi connectivity index (χ4v) is 4.05. The standard InChI is InChI=1S/C25H17ClF3N3/c26-19-10-11-20-21(13-30-22(20)12-19)24-23(17-4-2-1-3-5-17)31-15-32(24)14-16-6-8-18(9-7-16)25(27,28)29/h1-13,15,30H,14H2. The number of hydrogen-bond donors (Lipinski definition) is 1. The van der Waals surface area contributed by atoms with Gasteiger partial charge in [-0.15, -0.1) is 0 Å². The molecule has 0 fully saturated rings. The van der Waals surface area contributed by atoms with Gasteiger partial charge in [0.25, 0.3) is 0 Å². The van der Waals surface area contributed by atoms with Crippen LogP contribution in [0.1, 0.15) is 11.1 Å². The number of rotatable bonds is 4. The second-order valence-electron chi connectivity index (χ2n) is 7.52. The smallest absolute Gasteiger partial charge is 0.360 e. The van der Waals surface area contributed by atoms with Crippen LogP contribution in [0.3, 0.4) is 0 Å². The molecule has 1 N–H and O–H groups in total. The third-order valence-corrected chi connectivity index (χ3v) is 5.65. The average Bonchev–Trinajstić information content (AvgIpc) is 3.37. The third-order valence-electron chi connectivity index (χ3n) is 5.42. The van der Waals surface area contributed by atoms with E-state index < -0.39 is 11.7 Å². The van der Waals surface area contributed by atoms with Gasteiger partial charge in [-0.3, -0.25) is 0 Å². The summed E-state index contributed by atoms with van der Waals surface area (Å²) in [5.74, 6) is 0. The number of H-pyrrole nitrogens is 1. The normalized spacial score (nSPS) is 11.9. The van der Waals surface area contributed by atoms with Crippen molar-refractivity contribution in [2.75, 3.05) is 0 Å². The molecule has 0 aliphatic rings. The highest BCUT2D eigenvalue weighted by atomic mass is 35.5. The Balaban J connectivity index is 1.63. The monoisotopic (exact) mass is 451 g/mol. The van der Waals surface area contributed by atoms with E-state index in [9.17, 15) is 13.2 Å². The number of aromatic nitrogens is 3. The summed E-state index contributed by atoms with van der Waals surface area (Å²) in [6.07, 6.45) is -0.720. The molecule has 160 valence electrons. The van der Waals surface area contributed by atoms with Crippen molar-refractivity contribution in [2.24, 2.45) is 0 Å². The number of aromatic amines is 1. The predicted molar refractivity (Wildman–Crippen MR) is 121 cm³/mol. The van der Waals surface area contributed by atoms with Crippen molar-refractivity contribution in [3.8, 4) is 22.5 Å². The molecular weight excluding hydrogens is 435 g/mol. The van der Waals surface area contributed by atoms with Crippen molar-refractivity contribution in [1.82, 2.24) is 14.5 Å². The first kappa shape index (κ1) is 20.4. The van der Waals surface area contributed by atoms with E-state index in [1.807, 2.05) is 59.3 Å². The van der Waals surface area contributed by atoms with Crippen molar-refractivity contribution in [2.45, 2.75) is 12.7 Å². The molecule has 7 heteroatoms. The maximum atomic E-state index is 12.9. The fourth-order valence-electron chi connectivity index (χ4n) is 3.88. The van der Waals surface area contributed by atoms with Crippen molar-refractivity contribution in [1.29, 1.82) is 0 Å². The molecule has 5 rings (SSSR count). The van der Waals surface area contributed by atoms with Gasteiger partial charge in [0.1, 0.15) is 0 Å². The summed E-state index contributed by atoms with van der Waals surface area (Å²) in [5.41, 5.74) is 4.56. The molecule has 0 saturated heterocycles. The van der Waals surface area contributed by atoms with E-state index in [-0.39, 0.29) is 0 Å². The Labute approximate surface area is 187 Å². The Morgan fingerprint density at radius 2 is 1.69 bits per heavy atom. The minimum absolute atomic E-state index is 0.383.